The molecule has 19 heavy (non-hydrogen) atoms. The first-order valence-corrected chi connectivity index (χ1v) is 6.96. The van der Waals surface area contributed by atoms with Crippen LogP contribution in [0.5, 0.6) is 0 Å². The Morgan fingerprint density at radius 3 is 2.47 bits per heavy atom. The average Bonchev–Trinajstić information content (AvgIpc) is 2.39. The lowest BCUT2D eigenvalue weighted by Gasteiger charge is -2.47. The highest BCUT2D eigenvalue weighted by molar-refractivity contribution is 5.51. The molecule has 1 N–H and O–H groups in total. The molecule has 0 amide bonds. The fraction of sp³-hybridized carbons (Fsp3) is 0.600. The Balaban J connectivity index is 2.38. The predicted molar refractivity (Wildman–Crippen MR) is 74.5 cm³/mol. The van der Waals surface area contributed by atoms with Crippen LogP contribution in [0.3, 0.4) is 0 Å². The molecule has 1 saturated heterocycles. The summed E-state index contributed by atoms with van der Waals surface area (Å²) in [4.78, 5) is 1.89. The lowest BCUT2D eigenvalue weighted by Crippen LogP contribution is -2.63. The first-order valence-electron chi connectivity index (χ1n) is 6.96. The molecule has 0 spiro atoms. The fourth-order valence-electron chi connectivity index (χ4n) is 2.66. The van der Waals surface area contributed by atoms with Gasteiger partial charge in [-0.25, -0.2) is 8.78 Å². The molecule has 1 aromatic carbocycles. The Morgan fingerprint density at radius 2 is 1.95 bits per heavy atom. The van der Waals surface area contributed by atoms with E-state index in [-0.39, 0.29) is 17.3 Å². The van der Waals surface area contributed by atoms with Gasteiger partial charge in [0.2, 0.25) is 0 Å². The third-order valence-electron chi connectivity index (χ3n) is 4.20. The summed E-state index contributed by atoms with van der Waals surface area (Å²) in [5.41, 5.74) is 0.0240. The molecule has 2 unspecified atom stereocenters. The number of anilines is 1. The second-order valence-electron chi connectivity index (χ2n) is 5.56. The maximum Gasteiger partial charge on any atom is 0.149 e. The van der Waals surface area contributed by atoms with Crippen molar-refractivity contribution in [3.63, 3.8) is 0 Å². The maximum atomic E-state index is 14.0. The molecule has 106 valence electrons. The Labute approximate surface area is 113 Å². The van der Waals surface area contributed by atoms with E-state index in [0.29, 0.717) is 6.54 Å². The summed E-state index contributed by atoms with van der Waals surface area (Å²) in [5.74, 6) is -0.947. The zero-order valence-electron chi connectivity index (χ0n) is 11.8. The van der Waals surface area contributed by atoms with Crippen molar-refractivity contribution in [2.24, 2.45) is 0 Å². The highest BCUT2D eigenvalue weighted by atomic mass is 19.1. The zero-order valence-corrected chi connectivity index (χ0v) is 11.8. The van der Waals surface area contributed by atoms with Crippen LogP contribution in [0.15, 0.2) is 18.2 Å². The van der Waals surface area contributed by atoms with Crippen molar-refractivity contribution in [3.05, 3.63) is 29.8 Å². The van der Waals surface area contributed by atoms with Crippen LogP contribution in [0, 0.1) is 11.6 Å². The molecule has 1 heterocycles. The van der Waals surface area contributed by atoms with E-state index in [0.717, 1.165) is 19.4 Å². The Hall–Kier alpha value is -1.16. The first-order chi connectivity index (χ1) is 9.00. The SMILES string of the molecule is CCC1CNC(C)(CC)CN1c1c(F)cccc1F. The number of halogens is 2. The lowest BCUT2D eigenvalue weighted by molar-refractivity contribution is 0.273. The smallest absolute Gasteiger partial charge is 0.149 e. The molecule has 0 aliphatic carbocycles. The highest BCUT2D eigenvalue weighted by Crippen LogP contribution is 2.30. The van der Waals surface area contributed by atoms with Gasteiger partial charge in [-0.15, -0.1) is 0 Å². The molecular formula is C15H22F2N2. The number of rotatable bonds is 3. The number of nitrogens with zero attached hydrogens (tertiary/aromatic N) is 1. The maximum absolute atomic E-state index is 14.0. The number of nitrogens with one attached hydrogen (secondary N) is 1. The number of hydrogen-bond donors (Lipinski definition) is 1. The van der Waals surface area contributed by atoms with Gasteiger partial charge in [-0.05, 0) is 31.9 Å². The second kappa shape index (κ2) is 5.45. The average molecular weight is 268 g/mol. The highest BCUT2D eigenvalue weighted by Gasteiger charge is 2.35. The van der Waals surface area contributed by atoms with Crippen molar-refractivity contribution >= 4 is 5.69 Å². The van der Waals surface area contributed by atoms with Crippen molar-refractivity contribution in [2.45, 2.75) is 45.2 Å². The van der Waals surface area contributed by atoms with Crippen LogP contribution in [0.2, 0.25) is 0 Å². The number of para-hydroxylation sites is 1. The number of hydrogen-bond acceptors (Lipinski definition) is 2. The van der Waals surface area contributed by atoms with Gasteiger partial charge in [0.05, 0.1) is 0 Å². The summed E-state index contributed by atoms with van der Waals surface area (Å²) in [6, 6.07) is 4.20. The second-order valence-corrected chi connectivity index (χ2v) is 5.56. The van der Waals surface area contributed by atoms with Gasteiger partial charge in [0.25, 0.3) is 0 Å². The van der Waals surface area contributed by atoms with Gasteiger partial charge in [0, 0.05) is 24.7 Å². The standard InChI is InChI=1S/C15H22F2N2/c1-4-11-9-18-15(3,5-2)10-19(11)14-12(16)7-6-8-13(14)17/h6-8,11,18H,4-5,9-10H2,1-3H3. The molecule has 2 atom stereocenters. The normalized spacial score (nSPS) is 27.6. The monoisotopic (exact) mass is 268 g/mol. The molecule has 2 rings (SSSR count). The number of piperazine rings is 1. The summed E-state index contributed by atoms with van der Waals surface area (Å²) in [7, 11) is 0. The Kier molecular flexibility index (Phi) is 4.09. The van der Waals surface area contributed by atoms with Gasteiger partial charge in [-0.3, -0.25) is 0 Å². The minimum Gasteiger partial charge on any atom is -0.361 e. The molecule has 2 nitrogen and oxygen atoms in total. The molecule has 1 aliphatic rings. The molecular weight excluding hydrogens is 246 g/mol. The van der Waals surface area contributed by atoms with Gasteiger partial charge in [-0.2, -0.15) is 0 Å². The molecule has 1 fully saturated rings. The van der Waals surface area contributed by atoms with Crippen molar-refractivity contribution in [1.29, 1.82) is 0 Å². The molecule has 0 aromatic heterocycles. The summed E-state index contributed by atoms with van der Waals surface area (Å²) in [6.07, 6.45) is 1.79. The van der Waals surface area contributed by atoms with E-state index >= 15 is 0 Å². The summed E-state index contributed by atoms with van der Waals surface area (Å²) < 4.78 is 28.0. The van der Waals surface area contributed by atoms with Gasteiger partial charge >= 0.3 is 0 Å². The van der Waals surface area contributed by atoms with E-state index in [1.165, 1.54) is 18.2 Å². The quantitative estimate of drug-likeness (QED) is 0.904. The van der Waals surface area contributed by atoms with E-state index in [1.807, 2.05) is 11.8 Å². The topological polar surface area (TPSA) is 15.3 Å². The largest absolute Gasteiger partial charge is 0.361 e. The van der Waals surface area contributed by atoms with Crippen molar-refractivity contribution in [2.75, 3.05) is 18.0 Å². The fourth-order valence-corrected chi connectivity index (χ4v) is 2.66. The zero-order chi connectivity index (χ0) is 14.0. The molecule has 4 heteroatoms. The predicted octanol–water partition coefficient (Wildman–Crippen LogP) is 3.32. The van der Waals surface area contributed by atoms with E-state index in [2.05, 4.69) is 19.2 Å². The Morgan fingerprint density at radius 1 is 1.32 bits per heavy atom. The third-order valence-corrected chi connectivity index (χ3v) is 4.20. The minimum atomic E-state index is -0.473. The van der Waals surface area contributed by atoms with Crippen LogP contribution in [-0.4, -0.2) is 24.7 Å². The van der Waals surface area contributed by atoms with E-state index in [4.69, 9.17) is 0 Å². The summed E-state index contributed by atoms with van der Waals surface area (Å²) in [6.45, 7) is 7.63. The summed E-state index contributed by atoms with van der Waals surface area (Å²) in [5, 5.41) is 3.50. The lowest BCUT2D eigenvalue weighted by atomic mass is 9.92. The van der Waals surface area contributed by atoms with Crippen LogP contribution in [0.25, 0.3) is 0 Å². The molecule has 0 saturated carbocycles. The van der Waals surface area contributed by atoms with Gasteiger partial charge < -0.3 is 10.2 Å². The van der Waals surface area contributed by atoms with Crippen LogP contribution >= 0.6 is 0 Å². The van der Waals surface area contributed by atoms with Crippen molar-refractivity contribution in [3.8, 4) is 0 Å². The van der Waals surface area contributed by atoms with E-state index in [1.54, 1.807) is 0 Å². The van der Waals surface area contributed by atoms with Crippen molar-refractivity contribution < 1.29 is 8.78 Å². The number of benzene rings is 1. The van der Waals surface area contributed by atoms with Crippen LogP contribution < -0.4 is 10.2 Å². The first kappa shape index (κ1) is 14.3. The molecule has 0 bridgehead atoms. The van der Waals surface area contributed by atoms with Crippen LogP contribution in [0.4, 0.5) is 14.5 Å². The van der Waals surface area contributed by atoms with Gasteiger partial charge in [0.15, 0.2) is 0 Å². The third kappa shape index (κ3) is 2.73. The van der Waals surface area contributed by atoms with E-state index < -0.39 is 11.6 Å². The molecule has 0 radical (unpaired) electrons. The minimum absolute atomic E-state index is 0.0968. The Bertz CT molecular complexity index is 430. The van der Waals surface area contributed by atoms with E-state index in [9.17, 15) is 8.78 Å². The van der Waals surface area contributed by atoms with Crippen molar-refractivity contribution in [1.82, 2.24) is 5.32 Å². The summed E-state index contributed by atoms with van der Waals surface area (Å²) >= 11 is 0. The van der Waals surface area contributed by atoms with Crippen LogP contribution in [-0.2, 0) is 0 Å². The molecule has 1 aliphatic heterocycles. The van der Waals surface area contributed by atoms with Gasteiger partial charge in [0.1, 0.15) is 17.3 Å². The molecule has 1 aromatic rings. The van der Waals surface area contributed by atoms with Crippen LogP contribution in [0.1, 0.15) is 33.6 Å². The van der Waals surface area contributed by atoms with Gasteiger partial charge in [-0.1, -0.05) is 19.9 Å².